The lowest BCUT2D eigenvalue weighted by molar-refractivity contribution is -0.302. The number of hydrogen-bond donors (Lipinski definition) is 7. The van der Waals surface area contributed by atoms with E-state index in [1.54, 1.807) is 12.2 Å². The largest absolute Gasteiger partial charge is 0.394 e. The van der Waals surface area contributed by atoms with E-state index in [4.69, 9.17) is 9.47 Å². The first-order valence-corrected chi connectivity index (χ1v) is 21.2. The standard InChI is InChI=1S/C43H79NO9/c1-4-6-8-10-12-13-14-15-16-17-18-19-20-22-26-31-37(47)42(51)44-35(33-52-43-41(50)40(49)39(48)38(32-45)53-43)36(46)30-27-23-25-29-34(3)28-24-21-11-9-7-5-2/h26-27,29-31,35-41,43,45-50H,4-25,28,32-33H2,1-3H3,(H,44,51). The molecule has 1 aliphatic heterocycles. The number of rotatable bonds is 33. The highest BCUT2D eigenvalue weighted by molar-refractivity contribution is 5.82. The van der Waals surface area contributed by atoms with Crippen molar-refractivity contribution in [2.45, 2.75) is 217 Å². The maximum absolute atomic E-state index is 13.0. The number of allylic oxidation sites excluding steroid dienone is 4. The van der Waals surface area contributed by atoms with Crippen LogP contribution >= 0.6 is 0 Å². The molecule has 0 bridgehead atoms. The zero-order valence-electron chi connectivity index (χ0n) is 33.6. The summed E-state index contributed by atoms with van der Waals surface area (Å²) in [5.41, 5.74) is 1.35. The van der Waals surface area contributed by atoms with Crippen molar-refractivity contribution in [3.05, 3.63) is 36.0 Å². The molecular weight excluding hydrogens is 674 g/mol. The van der Waals surface area contributed by atoms with Gasteiger partial charge in [-0.1, -0.05) is 159 Å². The van der Waals surface area contributed by atoms with Crippen LogP contribution in [0.2, 0.25) is 0 Å². The fourth-order valence-electron chi connectivity index (χ4n) is 6.57. The molecule has 8 atom stereocenters. The number of hydrogen-bond acceptors (Lipinski definition) is 9. The number of unbranched alkanes of at least 4 members (excludes halogenated alkanes) is 19. The molecule has 8 unspecified atom stereocenters. The van der Waals surface area contributed by atoms with Gasteiger partial charge in [-0.2, -0.15) is 0 Å². The summed E-state index contributed by atoms with van der Waals surface area (Å²) in [7, 11) is 0. The maximum Gasteiger partial charge on any atom is 0.253 e. The van der Waals surface area contributed by atoms with E-state index < -0.39 is 61.5 Å². The highest BCUT2D eigenvalue weighted by Crippen LogP contribution is 2.22. The molecular formula is C43H79NO9. The SMILES string of the molecule is CCCCCCCCCCCCCCCC=CC(O)C(=O)NC(COC1OC(CO)C(O)C(O)C1O)C(O)C=CCCC=C(C)CCCCCCCC. The Morgan fingerprint density at radius 3 is 1.79 bits per heavy atom. The Morgan fingerprint density at radius 1 is 0.698 bits per heavy atom. The zero-order valence-corrected chi connectivity index (χ0v) is 33.6. The van der Waals surface area contributed by atoms with Crippen LogP contribution in [0.3, 0.4) is 0 Å². The molecule has 53 heavy (non-hydrogen) atoms. The number of nitrogens with one attached hydrogen (secondary N) is 1. The average molecular weight is 754 g/mol. The van der Waals surface area contributed by atoms with Gasteiger partial charge in [0.15, 0.2) is 12.4 Å². The number of amides is 1. The topological polar surface area (TPSA) is 169 Å². The summed E-state index contributed by atoms with van der Waals surface area (Å²) < 4.78 is 11.1. The minimum atomic E-state index is -1.62. The van der Waals surface area contributed by atoms with Crippen molar-refractivity contribution < 1.29 is 44.9 Å². The van der Waals surface area contributed by atoms with E-state index >= 15 is 0 Å². The molecule has 0 radical (unpaired) electrons. The van der Waals surface area contributed by atoms with E-state index in [-0.39, 0.29) is 6.61 Å². The molecule has 1 fully saturated rings. The summed E-state index contributed by atoms with van der Waals surface area (Å²) >= 11 is 0. The van der Waals surface area contributed by atoms with Gasteiger partial charge in [-0.15, -0.1) is 0 Å². The second kappa shape index (κ2) is 32.6. The Labute approximate surface area is 322 Å². The fraction of sp³-hybridized carbons (Fsp3) is 0.837. The van der Waals surface area contributed by atoms with Gasteiger partial charge in [0.25, 0.3) is 5.91 Å². The molecule has 1 saturated heterocycles. The second-order valence-corrected chi connectivity index (χ2v) is 15.1. The van der Waals surface area contributed by atoms with Crippen LogP contribution in [0.15, 0.2) is 36.0 Å². The molecule has 0 aromatic heterocycles. The molecule has 10 nitrogen and oxygen atoms in total. The van der Waals surface area contributed by atoms with E-state index in [1.807, 2.05) is 6.08 Å². The molecule has 10 heteroatoms. The lowest BCUT2D eigenvalue weighted by atomic mass is 9.99. The van der Waals surface area contributed by atoms with Crippen molar-refractivity contribution in [1.29, 1.82) is 0 Å². The van der Waals surface area contributed by atoms with Crippen LogP contribution in [-0.2, 0) is 14.3 Å². The van der Waals surface area contributed by atoms with E-state index in [0.29, 0.717) is 6.42 Å². The normalized spacial score (nSPS) is 22.8. The van der Waals surface area contributed by atoms with Crippen LogP contribution in [0, 0.1) is 0 Å². The Morgan fingerprint density at radius 2 is 1.23 bits per heavy atom. The Kier molecular flexibility index (Phi) is 30.4. The summed E-state index contributed by atoms with van der Waals surface area (Å²) in [6, 6.07) is -1.03. The highest BCUT2D eigenvalue weighted by atomic mass is 16.7. The van der Waals surface area contributed by atoms with E-state index in [0.717, 1.165) is 32.1 Å². The summed E-state index contributed by atoms with van der Waals surface area (Å²) in [5, 5.41) is 64.4. The molecule has 1 heterocycles. The predicted octanol–water partition coefficient (Wildman–Crippen LogP) is 7.08. The summed E-state index contributed by atoms with van der Waals surface area (Å²) in [4.78, 5) is 13.0. The number of aliphatic hydroxyl groups excluding tert-OH is 6. The van der Waals surface area contributed by atoms with Crippen molar-refractivity contribution in [3.63, 3.8) is 0 Å². The molecule has 7 N–H and O–H groups in total. The third kappa shape index (κ3) is 23.8. The molecule has 310 valence electrons. The smallest absolute Gasteiger partial charge is 0.253 e. The molecule has 0 aromatic rings. The molecule has 1 rings (SSSR count). The zero-order chi connectivity index (χ0) is 39.1. The lowest BCUT2D eigenvalue weighted by Gasteiger charge is -2.40. The Hall–Kier alpha value is -1.63. The van der Waals surface area contributed by atoms with Crippen LogP contribution in [0.4, 0.5) is 0 Å². The van der Waals surface area contributed by atoms with Crippen molar-refractivity contribution in [2.75, 3.05) is 13.2 Å². The first-order chi connectivity index (χ1) is 25.7. The molecule has 1 aliphatic rings. The van der Waals surface area contributed by atoms with Gasteiger partial charge in [0.1, 0.15) is 24.4 Å². The van der Waals surface area contributed by atoms with Gasteiger partial charge in [0.05, 0.1) is 25.4 Å². The quantitative estimate of drug-likeness (QED) is 0.0274. The van der Waals surface area contributed by atoms with Crippen LogP contribution in [-0.4, -0.2) is 98.7 Å². The summed E-state index contributed by atoms with van der Waals surface area (Å²) in [6.07, 6.45) is 26.3. The predicted molar refractivity (Wildman–Crippen MR) is 213 cm³/mol. The van der Waals surface area contributed by atoms with Crippen LogP contribution in [0.1, 0.15) is 168 Å². The Balaban J connectivity index is 2.57. The fourth-order valence-corrected chi connectivity index (χ4v) is 6.57. The van der Waals surface area contributed by atoms with Crippen molar-refractivity contribution in [1.82, 2.24) is 5.32 Å². The number of aliphatic hydroxyl groups is 6. The Bertz CT molecular complexity index is 971. The van der Waals surface area contributed by atoms with E-state index in [1.165, 1.54) is 121 Å². The van der Waals surface area contributed by atoms with Crippen molar-refractivity contribution in [2.24, 2.45) is 0 Å². The minimum absolute atomic E-state index is 0.341. The van der Waals surface area contributed by atoms with Crippen molar-refractivity contribution in [3.8, 4) is 0 Å². The third-order valence-electron chi connectivity index (χ3n) is 10.2. The van der Waals surface area contributed by atoms with E-state index in [9.17, 15) is 35.4 Å². The number of carbonyl (C=O) groups is 1. The highest BCUT2D eigenvalue weighted by Gasteiger charge is 2.44. The van der Waals surface area contributed by atoms with Crippen LogP contribution < -0.4 is 5.32 Å². The molecule has 0 saturated carbocycles. The first-order valence-electron chi connectivity index (χ1n) is 21.2. The molecule has 0 aliphatic carbocycles. The van der Waals surface area contributed by atoms with Crippen LogP contribution in [0.25, 0.3) is 0 Å². The van der Waals surface area contributed by atoms with Gasteiger partial charge >= 0.3 is 0 Å². The van der Waals surface area contributed by atoms with Crippen molar-refractivity contribution >= 4 is 5.91 Å². The van der Waals surface area contributed by atoms with Gasteiger partial charge in [0, 0.05) is 0 Å². The lowest BCUT2D eigenvalue weighted by Crippen LogP contribution is -2.60. The maximum atomic E-state index is 13.0. The van der Waals surface area contributed by atoms with E-state index in [2.05, 4.69) is 32.2 Å². The third-order valence-corrected chi connectivity index (χ3v) is 10.2. The average Bonchev–Trinajstić information content (AvgIpc) is 3.15. The molecule has 0 aromatic carbocycles. The first kappa shape index (κ1) is 49.4. The van der Waals surface area contributed by atoms with Gasteiger partial charge < -0.3 is 45.4 Å². The number of carbonyl (C=O) groups excluding carboxylic acids is 1. The van der Waals surface area contributed by atoms with Gasteiger partial charge in [-0.25, -0.2) is 0 Å². The summed E-state index contributed by atoms with van der Waals surface area (Å²) in [6.45, 7) is 5.66. The van der Waals surface area contributed by atoms with Gasteiger partial charge in [0.2, 0.25) is 0 Å². The monoisotopic (exact) mass is 754 g/mol. The molecule has 0 spiro atoms. The summed E-state index contributed by atoms with van der Waals surface area (Å²) in [5.74, 6) is -0.713. The number of ether oxygens (including phenoxy) is 2. The van der Waals surface area contributed by atoms with Gasteiger partial charge in [-0.3, -0.25) is 4.79 Å². The molecule has 1 amide bonds. The minimum Gasteiger partial charge on any atom is -0.394 e. The second-order valence-electron chi connectivity index (χ2n) is 15.1. The van der Waals surface area contributed by atoms with Gasteiger partial charge in [-0.05, 0) is 45.4 Å². The van der Waals surface area contributed by atoms with Crippen LogP contribution in [0.5, 0.6) is 0 Å².